The van der Waals surface area contributed by atoms with Crippen molar-refractivity contribution >= 4 is 21.1 Å². The van der Waals surface area contributed by atoms with Crippen molar-refractivity contribution in [3.05, 3.63) is 34.2 Å². The van der Waals surface area contributed by atoms with Gasteiger partial charge in [0.05, 0.1) is 22.8 Å². The largest absolute Gasteiger partial charge is 0.493 e. The maximum absolute atomic E-state index is 14.0. The molecule has 2 aliphatic rings. The van der Waals surface area contributed by atoms with E-state index in [0.717, 1.165) is 44.3 Å². The van der Waals surface area contributed by atoms with Crippen LogP contribution in [-0.4, -0.2) is 75.7 Å². The maximum atomic E-state index is 14.0. The van der Waals surface area contributed by atoms with Crippen LogP contribution in [0.5, 0.6) is 5.75 Å². The average molecular weight is 543 g/mol. The lowest BCUT2D eigenvalue weighted by molar-refractivity contribution is 0.0969. The average Bonchev–Trinajstić information content (AvgIpc) is 3.16. The van der Waals surface area contributed by atoms with Crippen molar-refractivity contribution < 1.29 is 13.2 Å². The van der Waals surface area contributed by atoms with E-state index in [9.17, 15) is 13.2 Å². The number of aryl methyl sites for hydroxylation is 2. The summed E-state index contributed by atoms with van der Waals surface area (Å²) in [5, 5.41) is 4.50. The lowest BCUT2D eigenvalue weighted by atomic mass is 9.95. The molecule has 4 heterocycles. The minimum atomic E-state index is -3.77. The van der Waals surface area contributed by atoms with Gasteiger partial charge in [-0.2, -0.15) is 9.40 Å². The molecule has 2 unspecified atom stereocenters. The van der Waals surface area contributed by atoms with Crippen molar-refractivity contribution in [3.63, 3.8) is 0 Å². The van der Waals surface area contributed by atoms with Gasteiger partial charge in [-0.25, -0.2) is 13.4 Å². The molecule has 2 aliphatic heterocycles. The quantitative estimate of drug-likeness (QED) is 0.465. The summed E-state index contributed by atoms with van der Waals surface area (Å²) in [5.41, 5.74) is 1.80. The first-order valence-corrected chi connectivity index (χ1v) is 15.2. The highest BCUT2D eigenvalue weighted by molar-refractivity contribution is 7.89. The molecule has 11 heteroatoms. The van der Waals surface area contributed by atoms with Crippen LogP contribution in [0.15, 0.2) is 27.9 Å². The molecule has 0 saturated carbocycles. The van der Waals surface area contributed by atoms with E-state index in [2.05, 4.69) is 21.9 Å². The van der Waals surface area contributed by atoms with E-state index in [1.807, 2.05) is 13.8 Å². The first-order chi connectivity index (χ1) is 18.3. The molecule has 2 fully saturated rings. The second-order valence-corrected chi connectivity index (χ2v) is 12.2. The molecule has 2 aromatic heterocycles. The van der Waals surface area contributed by atoms with Crippen LogP contribution in [0.2, 0.25) is 0 Å². The fourth-order valence-electron chi connectivity index (χ4n) is 6.14. The molecule has 0 radical (unpaired) electrons. The van der Waals surface area contributed by atoms with Gasteiger partial charge in [-0.1, -0.05) is 26.7 Å². The predicted molar refractivity (Wildman–Crippen MR) is 147 cm³/mol. The zero-order chi connectivity index (χ0) is 27.0. The van der Waals surface area contributed by atoms with Crippen molar-refractivity contribution in [2.24, 2.45) is 7.05 Å². The first kappa shape index (κ1) is 26.8. The summed E-state index contributed by atoms with van der Waals surface area (Å²) < 4.78 is 37.0. The number of piperidine rings is 1. The third kappa shape index (κ3) is 4.76. The molecular weight excluding hydrogens is 504 g/mol. The highest BCUT2D eigenvalue weighted by Crippen LogP contribution is 2.34. The summed E-state index contributed by atoms with van der Waals surface area (Å²) in [6.07, 6.45) is 5.67. The Hall–Kier alpha value is -2.76. The number of fused-ring (bicyclic) bond motifs is 3. The van der Waals surface area contributed by atoms with E-state index in [1.54, 1.807) is 34.2 Å². The number of H-pyrrole nitrogens is 1. The monoisotopic (exact) mass is 542 g/mol. The fraction of sp³-hybridized carbons (Fsp3) is 0.593. The van der Waals surface area contributed by atoms with Gasteiger partial charge in [-0.15, -0.1) is 0 Å². The molecule has 0 aliphatic carbocycles. The van der Waals surface area contributed by atoms with Gasteiger partial charge in [-0.05, 0) is 57.4 Å². The molecule has 0 amide bonds. The second kappa shape index (κ2) is 10.8. The van der Waals surface area contributed by atoms with E-state index in [1.165, 1.54) is 0 Å². The number of ether oxygens (including phenoxy) is 1. The van der Waals surface area contributed by atoms with Gasteiger partial charge < -0.3 is 9.72 Å². The number of aromatic nitrogens is 4. The van der Waals surface area contributed by atoms with Gasteiger partial charge in [0.2, 0.25) is 10.0 Å². The highest BCUT2D eigenvalue weighted by Gasteiger charge is 2.38. The minimum absolute atomic E-state index is 0.179. The standard InChI is InChI=1S/C27H38N6O4S/c1-5-9-22-24-25(31(4)30-22)27(34)29-26(28-24)21-16-20(12-13-23(21)37-7-3)38(35,36)32-15-14-18-10-8-11-19(17-32)33(18)6-2/h12-13,16,18-19H,5-11,14-15,17H2,1-4H3,(H,28,29,34). The van der Waals surface area contributed by atoms with Gasteiger partial charge in [0.1, 0.15) is 17.1 Å². The van der Waals surface area contributed by atoms with Crippen molar-refractivity contribution in [2.45, 2.75) is 76.3 Å². The van der Waals surface area contributed by atoms with Gasteiger partial charge in [0, 0.05) is 32.2 Å². The molecule has 206 valence electrons. The van der Waals surface area contributed by atoms with Crippen LogP contribution in [0.25, 0.3) is 22.4 Å². The number of nitrogens with one attached hydrogen (secondary N) is 1. The summed E-state index contributed by atoms with van der Waals surface area (Å²) in [6, 6.07) is 5.53. The Balaban J connectivity index is 1.58. The summed E-state index contributed by atoms with van der Waals surface area (Å²) in [7, 11) is -2.04. The number of aromatic amines is 1. The van der Waals surface area contributed by atoms with Crippen LogP contribution >= 0.6 is 0 Å². The van der Waals surface area contributed by atoms with Crippen LogP contribution in [0.4, 0.5) is 0 Å². The highest BCUT2D eigenvalue weighted by atomic mass is 32.2. The Morgan fingerprint density at radius 2 is 1.92 bits per heavy atom. The van der Waals surface area contributed by atoms with Crippen molar-refractivity contribution in [2.75, 3.05) is 26.2 Å². The lowest BCUT2D eigenvalue weighted by Gasteiger charge is -2.39. The molecule has 2 saturated heterocycles. The summed E-state index contributed by atoms with van der Waals surface area (Å²) in [4.78, 5) is 23.4. The van der Waals surface area contributed by atoms with Gasteiger partial charge >= 0.3 is 0 Å². The Kier molecular flexibility index (Phi) is 7.61. The van der Waals surface area contributed by atoms with Crippen molar-refractivity contribution in [1.82, 2.24) is 29.0 Å². The van der Waals surface area contributed by atoms with Crippen molar-refractivity contribution in [1.29, 1.82) is 0 Å². The Morgan fingerprint density at radius 1 is 1.13 bits per heavy atom. The van der Waals surface area contributed by atoms with Gasteiger partial charge in [-0.3, -0.25) is 14.4 Å². The van der Waals surface area contributed by atoms with Crippen LogP contribution in [-0.2, 0) is 23.5 Å². The summed E-state index contributed by atoms with van der Waals surface area (Å²) in [5.74, 6) is 0.746. The molecular formula is C27H38N6O4S. The van der Waals surface area contributed by atoms with E-state index in [4.69, 9.17) is 9.72 Å². The summed E-state index contributed by atoms with van der Waals surface area (Å²) in [6.45, 7) is 8.39. The molecule has 1 N–H and O–H groups in total. The molecule has 2 bridgehead atoms. The van der Waals surface area contributed by atoms with Crippen LogP contribution < -0.4 is 10.3 Å². The van der Waals surface area contributed by atoms with Gasteiger partial charge in [0.25, 0.3) is 5.56 Å². The number of benzene rings is 1. The van der Waals surface area contributed by atoms with Crippen LogP contribution in [0, 0.1) is 0 Å². The maximum Gasteiger partial charge on any atom is 0.277 e. The predicted octanol–water partition coefficient (Wildman–Crippen LogP) is 3.31. The zero-order valence-electron chi connectivity index (χ0n) is 22.7. The lowest BCUT2D eigenvalue weighted by Crippen LogP contribution is -2.48. The third-order valence-electron chi connectivity index (χ3n) is 7.90. The van der Waals surface area contributed by atoms with Crippen molar-refractivity contribution in [3.8, 4) is 17.1 Å². The molecule has 2 atom stereocenters. The number of nitrogens with zero attached hydrogens (tertiary/aromatic N) is 5. The summed E-state index contributed by atoms with van der Waals surface area (Å²) >= 11 is 0. The van der Waals surface area contributed by atoms with E-state index in [0.29, 0.717) is 54.5 Å². The Morgan fingerprint density at radius 3 is 2.66 bits per heavy atom. The first-order valence-electron chi connectivity index (χ1n) is 13.8. The third-order valence-corrected chi connectivity index (χ3v) is 9.76. The normalized spacial score (nSPS) is 21.1. The SMILES string of the molecule is CCCc1nn(C)c2c(=O)[nH]c(-c3cc(S(=O)(=O)N4CCC5CCCC(C4)N5CC)ccc3OCC)nc12. The second-order valence-electron chi connectivity index (χ2n) is 10.2. The Labute approximate surface area is 224 Å². The molecule has 1 aromatic carbocycles. The van der Waals surface area contributed by atoms with Crippen LogP contribution in [0.3, 0.4) is 0 Å². The fourth-order valence-corrected chi connectivity index (χ4v) is 7.66. The molecule has 5 rings (SSSR count). The van der Waals surface area contributed by atoms with Gasteiger partial charge in [0.15, 0.2) is 5.52 Å². The number of rotatable bonds is 8. The molecule has 38 heavy (non-hydrogen) atoms. The van der Waals surface area contributed by atoms with Crippen LogP contribution in [0.1, 0.15) is 58.6 Å². The zero-order valence-corrected chi connectivity index (χ0v) is 23.6. The number of likely N-dealkylation sites (N-methyl/N-ethyl adjacent to an activating group) is 1. The topological polar surface area (TPSA) is 113 Å². The number of hydrogen-bond donors (Lipinski definition) is 1. The van der Waals surface area contributed by atoms with E-state index < -0.39 is 10.0 Å². The van der Waals surface area contributed by atoms with E-state index >= 15 is 0 Å². The van der Waals surface area contributed by atoms with E-state index in [-0.39, 0.29) is 22.3 Å². The molecule has 0 spiro atoms. The number of hydrogen-bond acceptors (Lipinski definition) is 7. The molecule has 3 aromatic rings. The molecule has 10 nitrogen and oxygen atoms in total. The smallest absolute Gasteiger partial charge is 0.277 e. The number of sulfonamides is 1. The Bertz CT molecular complexity index is 1480. The minimum Gasteiger partial charge on any atom is -0.493 e.